The van der Waals surface area contributed by atoms with Gasteiger partial charge in [0.15, 0.2) is 0 Å². The van der Waals surface area contributed by atoms with Gasteiger partial charge in [0, 0.05) is 5.75 Å². The molecule has 0 saturated carbocycles. The molecule has 7 N–H and O–H groups in total. The zero-order valence-corrected chi connectivity index (χ0v) is 27.1. The summed E-state index contributed by atoms with van der Waals surface area (Å²) in [6.07, 6.45) is 8.90. The van der Waals surface area contributed by atoms with Crippen molar-refractivity contribution >= 4 is 89.3 Å². The van der Waals surface area contributed by atoms with Crippen LogP contribution in [-0.4, -0.2) is 119 Å². The number of rotatable bonds is 22. The van der Waals surface area contributed by atoms with Crippen LogP contribution < -0.4 is 27.0 Å². The number of thioether (sulfide) groups is 4. The lowest BCUT2D eigenvalue weighted by molar-refractivity contribution is -0.141. The third kappa shape index (κ3) is 16.2. The second-order valence-electron chi connectivity index (χ2n) is 8.50. The van der Waals surface area contributed by atoms with E-state index in [9.17, 15) is 29.1 Å². The number of carboxylic acids is 1. The third-order valence-corrected chi connectivity index (χ3v) is 8.44. The second kappa shape index (κ2) is 22.7. The zero-order valence-electron chi connectivity index (χ0n) is 22.9. The van der Waals surface area contributed by atoms with Crippen LogP contribution in [0.3, 0.4) is 0 Å². The van der Waals surface area contributed by atoms with Gasteiger partial charge in [-0.3, -0.25) is 19.2 Å². The smallest absolute Gasteiger partial charge is 0.327 e. The van der Waals surface area contributed by atoms with Crippen LogP contribution in [0, 0.1) is 0 Å². The molecule has 16 heteroatoms. The lowest BCUT2D eigenvalue weighted by Gasteiger charge is -2.26. The minimum absolute atomic E-state index is 0.110. The molecular formula is C23H43N5O6S5. The molecule has 226 valence electrons. The predicted molar refractivity (Wildman–Crippen MR) is 169 cm³/mol. The average Bonchev–Trinajstić information content (AvgIpc) is 2.91. The van der Waals surface area contributed by atoms with E-state index < -0.39 is 59.8 Å². The highest BCUT2D eigenvalue weighted by molar-refractivity contribution is 7.99. The Bertz CT molecular complexity index is 782. The Balaban J connectivity index is 5.64. The highest BCUT2D eigenvalue weighted by Gasteiger charge is 2.31. The lowest BCUT2D eigenvalue weighted by Crippen LogP contribution is -2.58. The van der Waals surface area contributed by atoms with Gasteiger partial charge in [0.05, 0.1) is 6.04 Å². The molecule has 0 rings (SSSR count). The van der Waals surface area contributed by atoms with Gasteiger partial charge in [-0.2, -0.15) is 59.7 Å². The lowest BCUT2D eigenvalue weighted by atomic mass is 10.1. The monoisotopic (exact) mass is 645 g/mol. The maximum absolute atomic E-state index is 13.3. The molecule has 0 aromatic rings. The van der Waals surface area contributed by atoms with Crippen LogP contribution in [0.25, 0.3) is 0 Å². The fourth-order valence-electron chi connectivity index (χ4n) is 3.17. The van der Waals surface area contributed by atoms with Crippen LogP contribution in [0.2, 0.25) is 0 Å². The minimum Gasteiger partial charge on any atom is -0.480 e. The van der Waals surface area contributed by atoms with Crippen LogP contribution in [0.4, 0.5) is 0 Å². The molecule has 0 unspecified atom stereocenters. The summed E-state index contributed by atoms with van der Waals surface area (Å²) in [6, 6.07) is -4.79. The first-order valence-electron chi connectivity index (χ1n) is 12.3. The maximum atomic E-state index is 13.3. The van der Waals surface area contributed by atoms with Crippen molar-refractivity contribution < 1.29 is 29.1 Å². The fourth-order valence-corrected chi connectivity index (χ4v) is 5.32. The molecule has 0 spiro atoms. The van der Waals surface area contributed by atoms with E-state index in [2.05, 4.69) is 33.9 Å². The molecule has 0 heterocycles. The van der Waals surface area contributed by atoms with Crippen LogP contribution in [-0.2, 0) is 24.0 Å². The Hall–Kier alpha value is -0.940. The van der Waals surface area contributed by atoms with E-state index in [1.165, 1.54) is 35.3 Å². The molecule has 0 aliphatic rings. The van der Waals surface area contributed by atoms with Gasteiger partial charge in [0.1, 0.15) is 24.2 Å². The van der Waals surface area contributed by atoms with Gasteiger partial charge in [-0.25, -0.2) is 4.79 Å². The number of amides is 4. The normalized spacial score (nSPS) is 14.8. The van der Waals surface area contributed by atoms with Gasteiger partial charge in [0.25, 0.3) is 0 Å². The Labute approximate surface area is 254 Å². The van der Waals surface area contributed by atoms with Gasteiger partial charge in [-0.15, -0.1) is 0 Å². The van der Waals surface area contributed by atoms with Crippen molar-refractivity contribution in [3.8, 4) is 0 Å². The Kier molecular flexibility index (Phi) is 22.2. The van der Waals surface area contributed by atoms with Crippen LogP contribution in [0.15, 0.2) is 0 Å². The van der Waals surface area contributed by atoms with Gasteiger partial charge in [-0.05, 0) is 73.7 Å². The van der Waals surface area contributed by atoms with Gasteiger partial charge >= 0.3 is 5.97 Å². The van der Waals surface area contributed by atoms with Crippen LogP contribution in [0.1, 0.15) is 25.7 Å². The number of aliphatic carboxylic acids is 1. The number of hydrogen-bond acceptors (Lipinski definition) is 11. The molecule has 0 saturated heterocycles. The highest BCUT2D eigenvalue weighted by Crippen LogP contribution is 2.08. The Morgan fingerprint density at radius 2 is 0.923 bits per heavy atom. The van der Waals surface area contributed by atoms with Crippen molar-refractivity contribution in [1.29, 1.82) is 0 Å². The van der Waals surface area contributed by atoms with Gasteiger partial charge in [-0.1, -0.05) is 0 Å². The van der Waals surface area contributed by atoms with Crippen molar-refractivity contribution in [1.82, 2.24) is 21.3 Å². The fraction of sp³-hybridized carbons (Fsp3) is 0.783. The average molecular weight is 646 g/mol. The van der Waals surface area contributed by atoms with Gasteiger partial charge < -0.3 is 32.1 Å². The van der Waals surface area contributed by atoms with Gasteiger partial charge in [0.2, 0.25) is 23.6 Å². The quantitative estimate of drug-likeness (QED) is 0.0804. The highest BCUT2D eigenvalue weighted by atomic mass is 32.2. The van der Waals surface area contributed by atoms with E-state index in [1.807, 2.05) is 25.0 Å². The summed E-state index contributed by atoms with van der Waals surface area (Å²) < 4.78 is 0. The number of hydrogen-bond donors (Lipinski definition) is 7. The molecule has 0 fully saturated rings. The number of nitrogens with one attached hydrogen (secondary N) is 4. The zero-order chi connectivity index (χ0) is 29.8. The number of carbonyl (C=O) groups is 5. The van der Waals surface area contributed by atoms with Crippen molar-refractivity contribution in [3.05, 3.63) is 0 Å². The third-order valence-electron chi connectivity index (χ3n) is 5.50. The molecule has 4 amide bonds. The Morgan fingerprint density at radius 3 is 1.23 bits per heavy atom. The van der Waals surface area contributed by atoms with Crippen molar-refractivity contribution in [3.63, 3.8) is 0 Å². The summed E-state index contributed by atoms with van der Waals surface area (Å²) in [6.45, 7) is 0. The number of thiol groups is 1. The van der Waals surface area contributed by atoms with Crippen molar-refractivity contribution in [2.45, 2.75) is 55.9 Å². The standard InChI is InChI=1S/C23H43N5O6S5/c1-36-9-5-14(24)19(29)25-15(6-10-37-2)20(30)26-16(7-11-38-3)21(31)27-17(8-12-39-4)22(32)28-18(13-35)23(33)34/h14-18,35H,5-13,24H2,1-4H3,(H,25,29)(H,26,30)(H,27,31)(H,28,32)(H,33,34)/t14-,15-,16-,17-,18-/m0/s1. The summed E-state index contributed by atoms with van der Waals surface area (Å²) in [5, 5.41) is 19.8. The number of nitrogens with two attached hydrogens (primary N) is 1. The van der Waals surface area contributed by atoms with E-state index in [0.717, 1.165) is 0 Å². The summed E-state index contributed by atoms with van der Waals surface area (Å²) in [5.41, 5.74) is 5.97. The largest absolute Gasteiger partial charge is 0.480 e. The molecule has 39 heavy (non-hydrogen) atoms. The molecule has 11 nitrogen and oxygen atoms in total. The Morgan fingerprint density at radius 1 is 0.615 bits per heavy atom. The second-order valence-corrected chi connectivity index (χ2v) is 12.8. The minimum atomic E-state index is -1.23. The summed E-state index contributed by atoms with van der Waals surface area (Å²) in [7, 11) is 0. The molecular weight excluding hydrogens is 603 g/mol. The van der Waals surface area contributed by atoms with Crippen LogP contribution in [0.5, 0.6) is 0 Å². The SMILES string of the molecule is CSCC[C@H](NC(=O)[C@H](CCSC)NC(=O)[C@H](CCSC)NC(=O)[C@@H](N)CCSC)C(=O)N[C@@H](CS)C(=O)O. The predicted octanol–water partition coefficient (Wildman–Crippen LogP) is 0.280. The molecule has 0 radical (unpaired) electrons. The van der Waals surface area contributed by atoms with E-state index in [0.29, 0.717) is 42.3 Å². The first kappa shape index (κ1) is 38.1. The number of carbonyl (C=O) groups excluding carboxylic acids is 4. The van der Waals surface area contributed by atoms with E-state index >= 15 is 0 Å². The van der Waals surface area contributed by atoms with E-state index in [4.69, 9.17) is 5.73 Å². The first-order valence-corrected chi connectivity index (χ1v) is 18.5. The molecule has 0 aromatic heterocycles. The molecule has 0 bridgehead atoms. The number of carboxylic acid groups (broad SMARTS) is 1. The van der Waals surface area contributed by atoms with Crippen LogP contribution >= 0.6 is 59.7 Å². The van der Waals surface area contributed by atoms with Crippen molar-refractivity contribution in [2.75, 3.05) is 53.8 Å². The van der Waals surface area contributed by atoms with E-state index in [1.54, 1.807) is 11.8 Å². The molecule has 0 aliphatic heterocycles. The topological polar surface area (TPSA) is 180 Å². The maximum Gasteiger partial charge on any atom is 0.327 e. The van der Waals surface area contributed by atoms with Crippen molar-refractivity contribution in [2.24, 2.45) is 5.73 Å². The molecule has 5 atom stereocenters. The van der Waals surface area contributed by atoms with E-state index in [-0.39, 0.29) is 12.2 Å². The molecule has 0 aromatic carbocycles. The summed E-state index contributed by atoms with van der Waals surface area (Å²) in [5.74, 6) is -1.08. The molecule has 0 aliphatic carbocycles. The summed E-state index contributed by atoms with van der Waals surface area (Å²) in [4.78, 5) is 63.2. The summed E-state index contributed by atoms with van der Waals surface area (Å²) >= 11 is 10.0. The first-order chi connectivity index (χ1) is 18.6.